The van der Waals surface area contributed by atoms with Crippen LogP contribution in [0, 0.1) is 5.82 Å². The van der Waals surface area contributed by atoms with Gasteiger partial charge in [0.1, 0.15) is 0 Å². The Morgan fingerprint density at radius 3 is 2.83 bits per heavy atom. The van der Waals surface area contributed by atoms with Gasteiger partial charge in [0.05, 0.1) is 6.20 Å². The van der Waals surface area contributed by atoms with Crippen LogP contribution >= 0.6 is 0 Å². The lowest BCUT2D eigenvalue weighted by Gasteiger charge is -2.15. The number of H-pyrrole nitrogens is 1. The van der Waals surface area contributed by atoms with Gasteiger partial charge in [-0.1, -0.05) is 13.3 Å². The lowest BCUT2D eigenvalue weighted by Crippen LogP contribution is -2.34. The molecule has 6 nitrogen and oxygen atoms in total. The van der Waals surface area contributed by atoms with E-state index in [2.05, 4.69) is 0 Å². The third-order valence-electron chi connectivity index (χ3n) is 2.35. The van der Waals surface area contributed by atoms with E-state index < -0.39 is 29.3 Å². The molecule has 1 rings (SSSR count). The molecule has 18 heavy (non-hydrogen) atoms. The molecule has 1 unspecified atom stereocenters. The second-order valence-electron chi connectivity index (χ2n) is 3.84. The monoisotopic (exact) mass is 258 g/mol. The van der Waals surface area contributed by atoms with Crippen molar-refractivity contribution in [1.29, 1.82) is 0 Å². The number of aromatic nitrogens is 2. The highest BCUT2D eigenvalue weighted by Crippen LogP contribution is 2.07. The minimum absolute atomic E-state index is 0.238. The molecule has 100 valence electrons. The number of halogens is 1. The number of rotatable bonds is 5. The van der Waals surface area contributed by atoms with Crippen molar-refractivity contribution in [3.8, 4) is 0 Å². The third kappa shape index (κ3) is 3.54. The lowest BCUT2D eigenvalue weighted by atomic mass is 10.2. The van der Waals surface area contributed by atoms with Gasteiger partial charge in [-0.05, 0) is 13.3 Å². The Kier molecular flexibility index (Phi) is 4.82. The first-order chi connectivity index (χ1) is 8.45. The van der Waals surface area contributed by atoms with E-state index in [1.54, 1.807) is 4.98 Å². The predicted molar refractivity (Wildman–Crippen MR) is 61.6 cm³/mol. The second kappa shape index (κ2) is 6.13. The summed E-state index contributed by atoms with van der Waals surface area (Å²) in [7, 11) is 0. The maximum absolute atomic E-state index is 13.0. The number of hydrogen-bond acceptors (Lipinski definition) is 4. The van der Waals surface area contributed by atoms with Gasteiger partial charge in [0.2, 0.25) is 5.82 Å². The number of nitrogens with zero attached hydrogens (tertiary/aromatic N) is 1. The Labute approximate surface area is 102 Å². The van der Waals surface area contributed by atoms with Gasteiger partial charge in [-0.3, -0.25) is 19.1 Å². The Morgan fingerprint density at radius 2 is 2.22 bits per heavy atom. The maximum atomic E-state index is 13.0. The normalized spacial score (nSPS) is 12.2. The topological polar surface area (TPSA) is 81.2 Å². The summed E-state index contributed by atoms with van der Waals surface area (Å²) in [6.07, 6.45) is 1.52. The molecular formula is C11H15FN2O4. The summed E-state index contributed by atoms with van der Waals surface area (Å²) in [6.45, 7) is 3.35. The molecule has 0 radical (unpaired) electrons. The number of carbonyl (C=O) groups excluding carboxylic acids is 1. The highest BCUT2D eigenvalue weighted by molar-refractivity contribution is 5.69. The van der Waals surface area contributed by atoms with Gasteiger partial charge in [-0.25, -0.2) is 4.79 Å². The Balaban J connectivity index is 2.82. The van der Waals surface area contributed by atoms with E-state index in [4.69, 9.17) is 4.74 Å². The summed E-state index contributed by atoms with van der Waals surface area (Å²) < 4.78 is 18.8. The fraction of sp³-hybridized carbons (Fsp3) is 0.545. The van der Waals surface area contributed by atoms with E-state index in [0.29, 0.717) is 6.42 Å². The molecule has 0 aliphatic heterocycles. The van der Waals surface area contributed by atoms with Crippen LogP contribution in [-0.2, 0) is 9.53 Å². The molecule has 0 spiro atoms. The van der Waals surface area contributed by atoms with Crippen molar-refractivity contribution in [3.63, 3.8) is 0 Å². The fourth-order valence-electron chi connectivity index (χ4n) is 1.36. The molecule has 0 aliphatic carbocycles. The molecule has 1 aromatic rings. The number of carbonyl (C=O) groups is 1. The van der Waals surface area contributed by atoms with Gasteiger partial charge in [0.15, 0.2) is 6.23 Å². The van der Waals surface area contributed by atoms with Gasteiger partial charge >= 0.3 is 11.7 Å². The molecular weight excluding hydrogens is 243 g/mol. The van der Waals surface area contributed by atoms with Crippen LogP contribution in [0.4, 0.5) is 4.39 Å². The number of aromatic amines is 1. The Bertz CT molecular complexity index is 535. The van der Waals surface area contributed by atoms with E-state index in [-0.39, 0.29) is 6.42 Å². The van der Waals surface area contributed by atoms with E-state index in [9.17, 15) is 18.8 Å². The predicted octanol–water partition coefficient (Wildman–Crippen LogP) is 0.928. The van der Waals surface area contributed by atoms with Crippen LogP contribution in [-0.4, -0.2) is 15.5 Å². The highest BCUT2D eigenvalue weighted by atomic mass is 19.1. The van der Waals surface area contributed by atoms with E-state index in [1.807, 2.05) is 6.92 Å². The zero-order chi connectivity index (χ0) is 13.7. The molecule has 0 saturated carbocycles. The van der Waals surface area contributed by atoms with E-state index in [0.717, 1.165) is 17.2 Å². The number of hydrogen-bond donors (Lipinski definition) is 1. The largest absolute Gasteiger partial charge is 0.441 e. The minimum Gasteiger partial charge on any atom is -0.441 e. The van der Waals surface area contributed by atoms with Crippen LogP contribution in [0.25, 0.3) is 0 Å². The Morgan fingerprint density at radius 1 is 1.56 bits per heavy atom. The Hall–Kier alpha value is -1.92. The minimum atomic E-state index is -1.11. The maximum Gasteiger partial charge on any atom is 0.331 e. The van der Waals surface area contributed by atoms with Gasteiger partial charge in [-0.15, -0.1) is 0 Å². The summed E-state index contributed by atoms with van der Waals surface area (Å²) in [5.74, 6) is -1.58. The van der Waals surface area contributed by atoms with Crippen LogP contribution in [0.2, 0.25) is 0 Å². The summed E-state index contributed by atoms with van der Waals surface area (Å²) >= 11 is 0. The van der Waals surface area contributed by atoms with Crippen molar-refractivity contribution in [2.45, 2.75) is 39.3 Å². The molecule has 0 saturated heterocycles. The molecule has 0 bridgehead atoms. The van der Waals surface area contributed by atoms with Crippen molar-refractivity contribution in [1.82, 2.24) is 9.55 Å². The van der Waals surface area contributed by atoms with Crippen LogP contribution in [0.15, 0.2) is 15.8 Å². The fourth-order valence-corrected chi connectivity index (χ4v) is 1.36. The zero-order valence-electron chi connectivity index (χ0n) is 10.2. The smallest absolute Gasteiger partial charge is 0.331 e. The van der Waals surface area contributed by atoms with Crippen molar-refractivity contribution in [2.75, 3.05) is 0 Å². The van der Waals surface area contributed by atoms with Crippen molar-refractivity contribution < 1.29 is 13.9 Å². The SMILES string of the molecule is CCCCC(=O)OC(C)n1cc(F)c(=O)[nH]c1=O. The first kappa shape index (κ1) is 14.1. The van der Waals surface area contributed by atoms with Gasteiger partial charge < -0.3 is 4.74 Å². The summed E-state index contributed by atoms with van der Waals surface area (Å²) in [6, 6.07) is 0. The quantitative estimate of drug-likeness (QED) is 0.796. The molecule has 0 aliphatic rings. The molecule has 1 N–H and O–H groups in total. The molecule has 0 amide bonds. The molecule has 0 aromatic carbocycles. The van der Waals surface area contributed by atoms with Crippen LogP contribution in [0.3, 0.4) is 0 Å². The van der Waals surface area contributed by atoms with Gasteiger partial charge in [0, 0.05) is 6.42 Å². The van der Waals surface area contributed by atoms with Crippen molar-refractivity contribution in [2.24, 2.45) is 0 Å². The number of nitrogens with one attached hydrogen (secondary N) is 1. The number of esters is 1. The molecule has 7 heteroatoms. The summed E-state index contributed by atoms with van der Waals surface area (Å²) in [4.78, 5) is 35.3. The molecule has 1 heterocycles. The third-order valence-corrected chi connectivity index (χ3v) is 2.35. The number of ether oxygens (including phenoxy) is 1. The average molecular weight is 258 g/mol. The standard InChI is InChI=1S/C11H15FN2O4/c1-3-4-5-9(15)18-7(2)14-6-8(12)10(16)13-11(14)17/h6-7H,3-5H2,1-2H3,(H,13,16,17). The average Bonchev–Trinajstić information content (AvgIpc) is 2.31. The highest BCUT2D eigenvalue weighted by Gasteiger charge is 2.14. The number of unbranched alkanes of at least 4 members (excludes halogenated alkanes) is 1. The van der Waals surface area contributed by atoms with Crippen molar-refractivity contribution >= 4 is 5.97 Å². The van der Waals surface area contributed by atoms with Crippen molar-refractivity contribution in [3.05, 3.63) is 32.9 Å². The molecule has 0 fully saturated rings. The van der Waals surface area contributed by atoms with Gasteiger partial charge in [0.25, 0.3) is 5.56 Å². The summed E-state index contributed by atoms with van der Waals surface area (Å²) in [5.41, 5.74) is -1.92. The summed E-state index contributed by atoms with van der Waals surface area (Å²) in [5, 5.41) is 0. The lowest BCUT2D eigenvalue weighted by molar-refractivity contribution is -0.153. The molecule has 1 atom stereocenters. The van der Waals surface area contributed by atoms with E-state index >= 15 is 0 Å². The molecule has 1 aromatic heterocycles. The van der Waals surface area contributed by atoms with Gasteiger partial charge in [-0.2, -0.15) is 4.39 Å². The van der Waals surface area contributed by atoms with Crippen LogP contribution in [0.1, 0.15) is 39.3 Å². The van der Waals surface area contributed by atoms with Crippen LogP contribution in [0.5, 0.6) is 0 Å². The van der Waals surface area contributed by atoms with Crippen LogP contribution < -0.4 is 11.2 Å². The zero-order valence-corrected chi connectivity index (χ0v) is 10.2. The first-order valence-electron chi connectivity index (χ1n) is 5.66. The van der Waals surface area contributed by atoms with E-state index in [1.165, 1.54) is 6.92 Å². The second-order valence-corrected chi connectivity index (χ2v) is 3.84. The first-order valence-corrected chi connectivity index (χ1v) is 5.66.